The van der Waals surface area contributed by atoms with Gasteiger partial charge >= 0.3 is 5.97 Å². The van der Waals surface area contributed by atoms with E-state index in [0.717, 1.165) is 38.5 Å². The molecule has 1 saturated heterocycles. The van der Waals surface area contributed by atoms with E-state index in [1.54, 1.807) is 7.11 Å². The van der Waals surface area contributed by atoms with Crippen LogP contribution in [0.2, 0.25) is 0 Å². The Morgan fingerprint density at radius 1 is 1.47 bits per heavy atom. The molecule has 0 amide bonds. The van der Waals surface area contributed by atoms with Crippen LogP contribution in [0.4, 0.5) is 0 Å². The molecular weight excluding hydrogens is 218 g/mol. The van der Waals surface area contributed by atoms with Gasteiger partial charge in [0.1, 0.15) is 0 Å². The Hall–Kier alpha value is -0.610. The highest BCUT2D eigenvalue weighted by Crippen LogP contribution is 2.37. The SMILES string of the molecule is COCC(C1CC1)N1CCCC(CC(=O)O)C1. The van der Waals surface area contributed by atoms with Crippen molar-refractivity contribution in [3.8, 4) is 0 Å². The molecule has 2 unspecified atom stereocenters. The Morgan fingerprint density at radius 3 is 2.82 bits per heavy atom. The third-order valence-electron chi connectivity index (χ3n) is 3.99. The summed E-state index contributed by atoms with van der Waals surface area (Å²) in [4.78, 5) is 13.2. The monoisotopic (exact) mass is 241 g/mol. The lowest BCUT2D eigenvalue weighted by Crippen LogP contribution is -2.46. The number of ether oxygens (including phenoxy) is 1. The van der Waals surface area contributed by atoms with Crippen LogP contribution < -0.4 is 0 Å². The maximum Gasteiger partial charge on any atom is 0.303 e. The van der Waals surface area contributed by atoms with E-state index in [1.165, 1.54) is 12.8 Å². The Morgan fingerprint density at radius 2 is 2.24 bits per heavy atom. The molecular formula is C13H23NO3. The average molecular weight is 241 g/mol. The molecule has 0 spiro atoms. The van der Waals surface area contributed by atoms with Crippen LogP contribution in [-0.2, 0) is 9.53 Å². The molecule has 2 aliphatic rings. The van der Waals surface area contributed by atoms with Gasteiger partial charge in [0.15, 0.2) is 0 Å². The number of methoxy groups -OCH3 is 1. The van der Waals surface area contributed by atoms with E-state index in [-0.39, 0.29) is 0 Å². The number of rotatable bonds is 6. The van der Waals surface area contributed by atoms with Crippen molar-refractivity contribution < 1.29 is 14.6 Å². The van der Waals surface area contributed by atoms with E-state index < -0.39 is 5.97 Å². The summed E-state index contributed by atoms with van der Waals surface area (Å²) in [5, 5.41) is 8.87. The van der Waals surface area contributed by atoms with Crippen molar-refractivity contribution in [2.24, 2.45) is 11.8 Å². The molecule has 2 atom stereocenters. The standard InChI is InChI=1S/C13H23NO3/c1-17-9-12(11-4-5-11)14-6-2-3-10(8-14)7-13(15)16/h10-12H,2-9H2,1H3,(H,15,16). The highest BCUT2D eigenvalue weighted by atomic mass is 16.5. The van der Waals surface area contributed by atoms with Crippen LogP contribution in [0.15, 0.2) is 0 Å². The van der Waals surface area contributed by atoms with E-state index in [9.17, 15) is 4.79 Å². The van der Waals surface area contributed by atoms with Crippen molar-refractivity contribution in [1.82, 2.24) is 4.90 Å². The van der Waals surface area contributed by atoms with Crippen molar-refractivity contribution in [2.75, 3.05) is 26.8 Å². The molecule has 0 aromatic rings. The molecule has 0 radical (unpaired) electrons. The van der Waals surface area contributed by atoms with Gasteiger partial charge in [-0.2, -0.15) is 0 Å². The molecule has 4 nitrogen and oxygen atoms in total. The van der Waals surface area contributed by atoms with Crippen LogP contribution in [0.5, 0.6) is 0 Å². The lowest BCUT2D eigenvalue weighted by Gasteiger charge is -2.38. The van der Waals surface area contributed by atoms with Crippen LogP contribution in [0.1, 0.15) is 32.1 Å². The smallest absolute Gasteiger partial charge is 0.303 e. The summed E-state index contributed by atoms with van der Waals surface area (Å²) in [7, 11) is 1.76. The van der Waals surface area contributed by atoms with Gasteiger partial charge in [-0.05, 0) is 44.1 Å². The van der Waals surface area contributed by atoms with Crippen LogP contribution in [0.3, 0.4) is 0 Å². The van der Waals surface area contributed by atoms with Crippen LogP contribution in [0, 0.1) is 11.8 Å². The minimum absolute atomic E-state index is 0.320. The van der Waals surface area contributed by atoms with E-state index in [2.05, 4.69) is 4.90 Å². The predicted molar refractivity (Wildman–Crippen MR) is 64.9 cm³/mol. The first-order valence-electron chi connectivity index (χ1n) is 6.65. The number of aliphatic carboxylic acids is 1. The van der Waals surface area contributed by atoms with Gasteiger partial charge in [-0.15, -0.1) is 0 Å². The first-order chi connectivity index (χ1) is 8.20. The third-order valence-corrected chi connectivity index (χ3v) is 3.99. The fraction of sp³-hybridized carbons (Fsp3) is 0.923. The number of hydrogen-bond acceptors (Lipinski definition) is 3. The number of carboxylic acid groups (broad SMARTS) is 1. The second-order valence-corrected chi connectivity index (χ2v) is 5.46. The minimum atomic E-state index is -0.661. The predicted octanol–water partition coefficient (Wildman–Crippen LogP) is 1.60. The fourth-order valence-corrected chi connectivity index (χ4v) is 3.00. The second-order valence-electron chi connectivity index (χ2n) is 5.46. The highest BCUT2D eigenvalue weighted by Gasteiger charge is 2.37. The highest BCUT2D eigenvalue weighted by molar-refractivity contribution is 5.67. The summed E-state index contributed by atoms with van der Waals surface area (Å²) in [6, 6.07) is 0.525. The van der Waals surface area contributed by atoms with E-state index >= 15 is 0 Å². The van der Waals surface area contributed by atoms with Gasteiger partial charge in [-0.1, -0.05) is 0 Å². The topological polar surface area (TPSA) is 49.8 Å². The molecule has 0 aromatic heterocycles. The molecule has 1 aliphatic heterocycles. The molecule has 1 aliphatic carbocycles. The van der Waals surface area contributed by atoms with E-state index in [0.29, 0.717) is 18.4 Å². The molecule has 4 heteroatoms. The Balaban J connectivity index is 1.87. The zero-order valence-electron chi connectivity index (χ0n) is 10.6. The van der Waals surface area contributed by atoms with Gasteiger partial charge < -0.3 is 9.84 Å². The molecule has 1 saturated carbocycles. The van der Waals surface area contributed by atoms with Crippen molar-refractivity contribution in [2.45, 2.75) is 38.1 Å². The lowest BCUT2D eigenvalue weighted by molar-refractivity contribution is -0.138. The summed E-state index contributed by atoms with van der Waals surface area (Å²) in [5.74, 6) is 0.462. The van der Waals surface area contributed by atoms with Gasteiger partial charge in [0, 0.05) is 26.1 Å². The fourth-order valence-electron chi connectivity index (χ4n) is 3.00. The summed E-state index contributed by atoms with van der Waals surface area (Å²) < 4.78 is 5.32. The first-order valence-corrected chi connectivity index (χ1v) is 6.65. The van der Waals surface area contributed by atoms with Crippen molar-refractivity contribution >= 4 is 5.97 Å². The Bertz CT molecular complexity index is 265. The largest absolute Gasteiger partial charge is 0.481 e. The van der Waals surface area contributed by atoms with Crippen LogP contribution in [0.25, 0.3) is 0 Å². The number of carboxylic acids is 1. The van der Waals surface area contributed by atoms with E-state index in [1.807, 2.05) is 0 Å². The lowest BCUT2D eigenvalue weighted by atomic mass is 9.93. The molecule has 98 valence electrons. The Kier molecular flexibility index (Phi) is 4.40. The number of piperidine rings is 1. The molecule has 17 heavy (non-hydrogen) atoms. The van der Waals surface area contributed by atoms with Crippen molar-refractivity contribution in [1.29, 1.82) is 0 Å². The number of hydrogen-bond donors (Lipinski definition) is 1. The van der Waals surface area contributed by atoms with Gasteiger partial charge in [-0.3, -0.25) is 9.69 Å². The number of nitrogens with zero attached hydrogens (tertiary/aromatic N) is 1. The zero-order valence-corrected chi connectivity index (χ0v) is 10.6. The first kappa shape index (κ1) is 12.8. The van der Waals surface area contributed by atoms with Crippen molar-refractivity contribution in [3.63, 3.8) is 0 Å². The van der Waals surface area contributed by atoms with Crippen LogP contribution >= 0.6 is 0 Å². The molecule has 0 bridgehead atoms. The normalized spacial score (nSPS) is 27.9. The maximum atomic E-state index is 10.8. The Labute approximate surface area is 103 Å². The molecule has 1 N–H and O–H groups in total. The molecule has 2 rings (SSSR count). The van der Waals surface area contributed by atoms with Gasteiger partial charge in [0.25, 0.3) is 0 Å². The van der Waals surface area contributed by atoms with Gasteiger partial charge in [0.05, 0.1) is 6.61 Å². The molecule has 1 heterocycles. The van der Waals surface area contributed by atoms with Gasteiger partial charge in [0.2, 0.25) is 0 Å². The molecule has 0 aromatic carbocycles. The summed E-state index contributed by atoms with van der Waals surface area (Å²) in [6.07, 6.45) is 5.14. The van der Waals surface area contributed by atoms with Gasteiger partial charge in [-0.25, -0.2) is 0 Å². The average Bonchev–Trinajstić information content (AvgIpc) is 3.09. The number of carbonyl (C=O) groups is 1. The summed E-state index contributed by atoms with van der Waals surface area (Å²) in [6.45, 7) is 2.85. The maximum absolute atomic E-state index is 10.8. The zero-order chi connectivity index (χ0) is 12.3. The third kappa shape index (κ3) is 3.68. The van der Waals surface area contributed by atoms with Crippen molar-refractivity contribution in [3.05, 3.63) is 0 Å². The summed E-state index contributed by atoms with van der Waals surface area (Å²) >= 11 is 0. The quantitative estimate of drug-likeness (QED) is 0.767. The minimum Gasteiger partial charge on any atom is -0.481 e. The van der Waals surface area contributed by atoms with Crippen LogP contribution in [-0.4, -0.2) is 48.8 Å². The number of likely N-dealkylation sites (tertiary alicyclic amines) is 1. The summed E-state index contributed by atoms with van der Waals surface area (Å²) in [5.41, 5.74) is 0. The second kappa shape index (κ2) is 5.83. The van der Waals surface area contributed by atoms with E-state index in [4.69, 9.17) is 9.84 Å². The molecule has 2 fully saturated rings.